The van der Waals surface area contributed by atoms with E-state index in [-0.39, 0.29) is 12.0 Å². The molecule has 0 unspecified atom stereocenters. The Bertz CT molecular complexity index is 638. The Hall–Kier alpha value is -1.73. The van der Waals surface area contributed by atoms with Crippen molar-refractivity contribution in [2.24, 2.45) is 5.92 Å². The van der Waals surface area contributed by atoms with E-state index in [2.05, 4.69) is 15.5 Å². The predicted octanol–water partition coefficient (Wildman–Crippen LogP) is 3.58. The van der Waals surface area contributed by atoms with Crippen LogP contribution in [0.25, 0.3) is 0 Å². The minimum absolute atomic E-state index is 0.0126. The molecule has 150 valence electrons. The number of benzene rings is 1. The molecule has 2 rings (SSSR count). The lowest BCUT2D eigenvalue weighted by Crippen LogP contribution is -2.42. The molecule has 0 spiro atoms. The van der Waals surface area contributed by atoms with Crippen molar-refractivity contribution in [1.29, 1.82) is 0 Å². The standard InChI is InChI=1S/C20H31N3O3S/c1-20(2,3)26-19(25)21-13-15-8-10-23(11-9-15)14-18(24)22-16-6-5-7-17(12-16)27-4/h5-7,12,15H,8-11,13-14H2,1-4H3,(H,21,25)(H,22,24). The van der Waals surface area contributed by atoms with Gasteiger partial charge in [0.1, 0.15) is 5.60 Å². The zero-order chi connectivity index (χ0) is 19.9. The summed E-state index contributed by atoms with van der Waals surface area (Å²) in [6.45, 7) is 8.30. The summed E-state index contributed by atoms with van der Waals surface area (Å²) in [6.07, 6.45) is 3.58. The molecule has 1 aliphatic rings. The summed E-state index contributed by atoms with van der Waals surface area (Å²) < 4.78 is 5.26. The number of carbonyl (C=O) groups is 2. The minimum Gasteiger partial charge on any atom is -0.444 e. The molecular weight excluding hydrogens is 362 g/mol. The number of carbonyl (C=O) groups excluding carboxylic acids is 2. The molecule has 0 atom stereocenters. The topological polar surface area (TPSA) is 70.7 Å². The summed E-state index contributed by atoms with van der Waals surface area (Å²) >= 11 is 1.65. The van der Waals surface area contributed by atoms with Crippen molar-refractivity contribution in [3.05, 3.63) is 24.3 Å². The van der Waals surface area contributed by atoms with E-state index in [1.165, 1.54) is 0 Å². The third kappa shape index (κ3) is 8.22. The van der Waals surface area contributed by atoms with Gasteiger partial charge in [0.15, 0.2) is 0 Å². The number of hydrogen-bond donors (Lipinski definition) is 2. The quantitative estimate of drug-likeness (QED) is 0.723. The predicted molar refractivity (Wildman–Crippen MR) is 110 cm³/mol. The smallest absolute Gasteiger partial charge is 0.407 e. The van der Waals surface area contributed by atoms with Gasteiger partial charge in [-0.25, -0.2) is 4.79 Å². The van der Waals surface area contributed by atoms with Crippen molar-refractivity contribution in [3.63, 3.8) is 0 Å². The molecule has 0 bridgehead atoms. The monoisotopic (exact) mass is 393 g/mol. The third-order valence-corrected chi connectivity index (χ3v) is 5.09. The average molecular weight is 394 g/mol. The number of hydrogen-bond acceptors (Lipinski definition) is 5. The molecule has 1 heterocycles. The van der Waals surface area contributed by atoms with E-state index in [0.717, 1.165) is 36.5 Å². The zero-order valence-electron chi connectivity index (χ0n) is 16.7. The molecule has 1 aliphatic heterocycles. The molecule has 0 aromatic heterocycles. The van der Waals surface area contributed by atoms with E-state index < -0.39 is 5.60 Å². The van der Waals surface area contributed by atoms with E-state index >= 15 is 0 Å². The molecule has 1 aromatic carbocycles. The lowest BCUT2D eigenvalue weighted by atomic mass is 9.97. The molecule has 1 aromatic rings. The van der Waals surface area contributed by atoms with Gasteiger partial charge >= 0.3 is 6.09 Å². The Morgan fingerprint density at radius 1 is 1.26 bits per heavy atom. The Balaban J connectivity index is 1.68. The second-order valence-corrected chi connectivity index (χ2v) is 8.76. The molecule has 0 aliphatic carbocycles. The highest BCUT2D eigenvalue weighted by Crippen LogP contribution is 2.20. The van der Waals surface area contributed by atoms with Gasteiger partial charge in [0.2, 0.25) is 5.91 Å². The highest BCUT2D eigenvalue weighted by molar-refractivity contribution is 7.98. The summed E-state index contributed by atoms with van der Waals surface area (Å²) in [4.78, 5) is 27.3. The lowest BCUT2D eigenvalue weighted by molar-refractivity contribution is -0.117. The maximum Gasteiger partial charge on any atom is 0.407 e. The van der Waals surface area contributed by atoms with Crippen LogP contribution in [0, 0.1) is 5.92 Å². The van der Waals surface area contributed by atoms with Crippen LogP contribution in [-0.4, -0.2) is 54.9 Å². The van der Waals surface area contributed by atoms with Crippen LogP contribution in [0.1, 0.15) is 33.6 Å². The summed E-state index contributed by atoms with van der Waals surface area (Å²) in [6, 6.07) is 7.87. The van der Waals surface area contributed by atoms with Gasteiger partial charge in [0.05, 0.1) is 6.54 Å². The molecule has 0 radical (unpaired) electrons. The molecule has 7 heteroatoms. The number of ether oxygens (including phenoxy) is 1. The summed E-state index contributed by atoms with van der Waals surface area (Å²) in [5.41, 5.74) is 0.360. The van der Waals surface area contributed by atoms with Gasteiger partial charge in [-0.2, -0.15) is 0 Å². The molecule has 2 N–H and O–H groups in total. The SMILES string of the molecule is CSc1cccc(NC(=O)CN2CCC(CNC(=O)OC(C)(C)C)CC2)c1. The summed E-state index contributed by atoms with van der Waals surface area (Å²) in [5, 5.41) is 5.82. The van der Waals surface area contributed by atoms with Crippen molar-refractivity contribution in [1.82, 2.24) is 10.2 Å². The van der Waals surface area contributed by atoms with E-state index in [9.17, 15) is 9.59 Å². The molecule has 2 amide bonds. The van der Waals surface area contributed by atoms with Crippen LogP contribution < -0.4 is 10.6 Å². The van der Waals surface area contributed by atoms with Gasteiger partial charge in [-0.15, -0.1) is 11.8 Å². The van der Waals surface area contributed by atoms with E-state index in [0.29, 0.717) is 19.0 Å². The molecule has 1 saturated heterocycles. The first-order valence-corrected chi connectivity index (χ1v) is 10.6. The van der Waals surface area contributed by atoms with Gasteiger partial charge in [0, 0.05) is 17.1 Å². The fourth-order valence-electron chi connectivity index (χ4n) is 2.99. The number of nitrogens with one attached hydrogen (secondary N) is 2. The maximum atomic E-state index is 12.3. The number of likely N-dealkylation sites (tertiary alicyclic amines) is 1. The van der Waals surface area contributed by atoms with Crippen LogP contribution in [0.2, 0.25) is 0 Å². The normalized spacial score (nSPS) is 16.0. The molecular formula is C20H31N3O3S. The second kappa shape index (κ2) is 9.99. The first-order valence-electron chi connectivity index (χ1n) is 9.38. The first-order chi connectivity index (χ1) is 12.7. The zero-order valence-corrected chi connectivity index (χ0v) is 17.5. The Labute approximate surface area is 166 Å². The number of nitrogens with zero attached hydrogens (tertiary/aromatic N) is 1. The van der Waals surface area contributed by atoms with Gasteiger partial charge in [0.25, 0.3) is 0 Å². The number of rotatable bonds is 6. The van der Waals surface area contributed by atoms with Crippen molar-refractivity contribution in [2.75, 3.05) is 37.8 Å². The van der Waals surface area contributed by atoms with Gasteiger partial charge in [-0.1, -0.05) is 6.07 Å². The van der Waals surface area contributed by atoms with Crippen LogP contribution in [0.3, 0.4) is 0 Å². The summed E-state index contributed by atoms with van der Waals surface area (Å²) in [7, 11) is 0. The highest BCUT2D eigenvalue weighted by Gasteiger charge is 2.22. The van der Waals surface area contributed by atoms with Crippen LogP contribution in [-0.2, 0) is 9.53 Å². The number of anilines is 1. The van der Waals surface area contributed by atoms with Crippen LogP contribution in [0.5, 0.6) is 0 Å². The number of thioether (sulfide) groups is 1. The lowest BCUT2D eigenvalue weighted by Gasteiger charge is -2.31. The first kappa shape index (κ1) is 21.6. The van der Waals surface area contributed by atoms with Gasteiger partial charge in [-0.05, 0) is 77.1 Å². The fourth-order valence-corrected chi connectivity index (χ4v) is 3.45. The van der Waals surface area contributed by atoms with Crippen molar-refractivity contribution in [3.8, 4) is 0 Å². The fraction of sp³-hybridized carbons (Fsp3) is 0.600. The van der Waals surface area contributed by atoms with Crippen molar-refractivity contribution < 1.29 is 14.3 Å². The van der Waals surface area contributed by atoms with Crippen LogP contribution in [0.15, 0.2) is 29.2 Å². The van der Waals surface area contributed by atoms with Gasteiger partial charge in [-0.3, -0.25) is 9.69 Å². The maximum absolute atomic E-state index is 12.3. The Morgan fingerprint density at radius 2 is 1.96 bits per heavy atom. The number of alkyl carbamates (subject to hydrolysis) is 1. The Morgan fingerprint density at radius 3 is 2.59 bits per heavy atom. The summed E-state index contributed by atoms with van der Waals surface area (Å²) in [5.74, 6) is 0.439. The minimum atomic E-state index is -0.476. The molecule has 1 fully saturated rings. The molecule has 27 heavy (non-hydrogen) atoms. The van der Waals surface area contributed by atoms with Crippen LogP contribution in [0.4, 0.5) is 10.5 Å². The molecule has 0 saturated carbocycles. The largest absolute Gasteiger partial charge is 0.444 e. The number of piperidine rings is 1. The van der Waals surface area contributed by atoms with Gasteiger partial charge < -0.3 is 15.4 Å². The van der Waals surface area contributed by atoms with E-state index in [1.807, 2.05) is 51.3 Å². The number of amides is 2. The van der Waals surface area contributed by atoms with Crippen LogP contribution >= 0.6 is 11.8 Å². The third-order valence-electron chi connectivity index (χ3n) is 4.36. The highest BCUT2D eigenvalue weighted by atomic mass is 32.2. The van der Waals surface area contributed by atoms with E-state index in [4.69, 9.17) is 4.74 Å². The Kier molecular flexibility index (Phi) is 7.98. The van der Waals surface area contributed by atoms with E-state index in [1.54, 1.807) is 11.8 Å². The van der Waals surface area contributed by atoms with Crippen molar-refractivity contribution in [2.45, 2.75) is 44.1 Å². The average Bonchev–Trinajstić information content (AvgIpc) is 2.60. The second-order valence-electron chi connectivity index (χ2n) is 7.88. The van der Waals surface area contributed by atoms with Crippen molar-refractivity contribution >= 4 is 29.4 Å². The molecule has 6 nitrogen and oxygen atoms in total.